The zero-order chi connectivity index (χ0) is 26.2. The maximum absolute atomic E-state index is 13.1. The van der Waals surface area contributed by atoms with E-state index < -0.39 is 52.3 Å². The smallest absolute Gasteiger partial charge is 0.331 e. The van der Waals surface area contributed by atoms with Crippen LogP contribution in [0.15, 0.2) is 41.2 Å². The van der Waals surface area contributed by atoms with Crippen LogP contribution >= 0.6 is 11.6 Å². The summed E-state index contributed by atoms with van der Waals surface area (Å²) in [5.74, 6) is -1.09. The van der Waals surface area contributed by atoms with Crippen LogP contribution in [0.25, 0.3) is 10.9 Å². The number of benzene rings is 2. The van der Waals surface area contributed by atoms with Crippen LogP contribution in [0.4, 0.5) is 23.7 Å². The lowest BCUT2D eigenvalue weighted by Gasteiger charge is -2.21. The molecule has 3 N–H and O–H groups in total. The molecule has 3 aromatic rings. The number of nitrogens with zero attached hydrogens (tertiary/aromatic N) is 3. The van der Waals surface area contributed by atoms with E-state index >= 15 is 0 Å². The minimum atomic E-state index is -4.69. The van der Waals surface area contributed by atoms with Gasteiger partial charge in [0.2, 0.25) is 5.91 Å². The number of halogens is 4. The Hall–Kier alpha value is -4.00. The topological polar surface area (TPSA) is 135 Å². The van der Waals surface area contributed by atoms with Crippen LogP contribution in [-0.2, 0) is 15.8 Å². The van der Waals surface area contributed by atoms with E-state index in [1.165, 1.54) is 18.2 Å². The molecule has 2 unspecified atom stereocenters. The van der Waals surface area contributed by atoms with Gasteiger partial charge in [0.05, 0.1) is 22.0 Å². The number of piperidine rings is 1. The second kappa shape index (κ2) is 9.57. The molecule has 2 aromatic carbocycles. The number of hydrogen-bond acceptors (Lipinski definition) is 6. The summed E-state index contributed by atoms with van der Waals surface area (Å²) in [7, 11) is 0. The van der Waals surface area contributed by atoms with Gasteiger partial charge in [0, 0.05) is 12.1 Å². The monoisotopic (exact) mass is 522 g/mol. The van der Waals surface area contributed by atoms with E-state index in [0.29, 0.717) is 5.56 Å². The number of hydrogen-bond donors (Lipinski definition) is 3. The van der Waals surface area contributed by atoms with Crippen LogP contribution in [0.2, 0.25) is 5.02 Å². The van der Waals surface area contributed by atoms with Gasteiger partial charge >= 0.3 is 12.2 Å². The molecule has 0 radical (unpaired) electrons. The molecule has 0 aliphatic carbocycles. The van der Waals surface area contributed by atoms with Gasteiger partial charge in [0.1, 0.15) is 11.6 Å². The molecule has 0 bridgehead atoms. The lowest BCUT2D eigenvalue weighted by atomic mass is 10.0. The predicted molar refractivity (Wildman–Crippen MR) is 122 cm³/mol. The molecule has 1 aliphatic rings. The second-order valence-corrected chi connectivity index (χ2v) is 8.50. The molecule has 2 heterocycles. The molecule has 4 amide bonds. The largest absolute Gasteiger partial charge is 0.417 e. The molecule has 14 heteroatoms. The molecule has 36 heavy (non-hydrogen) atoms. The van der Waals surface area contributed by atoms with Gasteiger partial charge in [0.25, 0.3) is 11.5 Å². The highest BCUT2D eigenvalue weighted by Gasteiger charge is 2.33. The summed E-state index contributed by atoms with van der Waals surface area (Å²) in [5, 5.41) is 14.5. The van der Waals surface area contributed by atoms with Crippen molar-refractivity contribution in [2.24, 2.45) is 0 Å². The van der Waals surface area contributed by atoms with Crippen molar-refractivity contribution in [3.63, 3.8) is 0 Å². The third-order valence-corrected chi connectivity index (χ3v) is 5.92. The molecule has 188 valence electrons. The number of urea groups is 1. The van der Waals surface area contributed by atoms with Crippen molar-refractivity contribution >= 4 is 46.0 Å². The quantitative estimate of drug-likeness (QED) is 0.450. The molecule has 1 aromatic heterocycles. The fourth-order valence-corrected chi connectivity index (χ4v) is 3.95. The number of anilines is 1. The normalized spacial score (nSPS) is 17.0. The van der Waals surface area contributed by atoms with Gasteiger partial charge in [-0.3, -0.25) is 19.7 Å². The number of imide groups is 1. The van der Waals surface area contributed by atoms with Crippen molar-refractivity contribution in [1.82, 2.24) is 25.6 Å². The number of fused-ring (bicyclic) bond motifs is 1. The van der Waals surface area contributed by atoms with E-state index in [0.717, 1.165) is 16.8 Å². The van der Waals surface area contributed by atoms with Crippen molar-refractivity contribution in [3.05, 3.63) is 62.9 Å². The Labute approximate surface area is 205 Å². The summed E-state index contributed by atoms with van der Waals surface area (Å²) in [6.45, 7) is 1.61. The first-order valence-electron chi connectivity index (χ1n) is 10.6. The fraction of sp³-hybridized carbons (Fsp3) is 0.273. The summed E-state index contributed by atoms with van der Waals surface area (Å²) < 4.78 is 40.1. The Morgan fingerprint density at radius 3 is 2.64 bits per heavy atom. The Balaban J connectivity index is 1.53. The molecule has 4 rings (SSSR count). The van der Waals surface area contributed by atoms with Crippen LogP contribution in [0.3, 0.4) is 0 Å². The molecular weight excluding hydrogens is 505 g/mol. The van der Waals surface area contributed by atoms with Gasteiger partial charge in [-0.25, -0.2) is 4.79 Å². The predicted octanol–water partition coefficient (Wildman–Crippen LogP) is 3.32. The molecule has 1 saturated heterocycles. The third kappa shape index (κ3) is 5.15. The SMILES string of the molecule is CC(NC(=O)Nc1ccc(Cl)c(C(F)(F)F)c1)c1ccc2nnn(C3CCC(=O)NC3=O)c(=O)c2c1. The Morgan fingerprint density at radius 1 is 1.19 bits per heavy atom. The first-order valence-corrected chi connectivity index (χ1v) is 11.0. The standard InChI is InChI=1S/C22H18ClF3N6O4/c1-10(27-21(36)28-12-3-4-15(23)14(9-12)22(24,25)26)11-2-5-16-13(8-11)20(35)32(31-30-16)17-6-7-18(33)29-19(17)34/h2-5,8-10,17H,6-7H2,1H3,(H2,27,28,36)(H,29,33,34). The molecular formula is C22H18ClF3N6O4. The molecule has 0 spiro atoms. The van der Waals surface area contributed by atoms with Crippen LogP contribution < -0.4 is 21.5 Å². The Morgan fingerprint density at radius 2 is 1.94 bits per heavy atom. The summed E-state index contributed by atoms with van der Waals surface area (Å²) >= 11 is 5.60. The summed E-state index contributed by atoms with van der Waals surface area (Å²) in [5.41, 5.74) is -1.06. The minimum absolute atomic E-state index is 0.0523. The molecule has 1 fully saturated rings. The number of aromatic nitrogens is 3. The number of carbonyl (C=O) groups excluding carboxylic acids is 3. The molecule has 10 nitrogen and oxygen atoms in total. The highest BCUT2D eigenvalue weighted by molar-refractivity contribution is 6.31. The first-order chi connectivity index (χ1) is 16.9. The van der Waals surface area contributed by atoms with E-state index in [2.05, 4.69) is 26.3 Å². The third-order valence-electron chi connectivity index (χ3n) is 5.59. The summed E-state index contributed by atoms with van der Waals surface area (Å²) in [6, 6.07) is 5.13. The number of nitrogens with one attached hydrogen (secondary N) is 3. The number of rotatable bonds is 4. The van der Waals surface area contributed by atoms with Crippen LogP contribution in [0, 0.1) is 0 Å². The van der Waals surface area contributed by atoms with Gasteiger partial charge in [0.15, 0.2) is 0 Å². The fourth-order valence-electron chi connectivity index (χ4n) is 3.73. The Kier molecular flexibility index (Phi) is 6.67. The summed E-state index contributed by atoms with van der Waals surface area (Å²) in [4.78, 5) is 49.0. The first kappa shape index (κ1) is 25.1. The van der Waals surface area contributed by atoms with E-state index in [9.17, 15) is 32.3 Å². The Bertz CT molecular complexity index is 1440. The molecule has 2 atom stereocenters. The zero-order valence-corrected chi connectivity index (χ0v) is 19.3. The van der Waals surface area contributed by atoms with Crippen molar-refractivity contribution in [3.8, 4) is 0 Å². The van der Waals surface area contributed by atoms with E-state index in [1.54, 1.807) is 13.0 Å². The number of alkyl halides is 3. The van der Waals surface area contributed by atoms with Gasteiger partial charge in [-0.1, -0.05) is 22.9 Å². The highest BCUT2D eigenvalue weighted by atomic mass is 35.5. The zero-order valence-electron chi connectivity index (χ0n) is 18.5. The summed E-state index contributed by atoms with van der Waals surface area (Å²) in [6.07, 6.45) is -4.53. The van der Waals surface area contributed by atoms with Crippen LogP contribution in [-0.4, -0.2) is 32.8 Å². The van der Waals surface area contributed by atoms with E-state index in [-0.39, 0.29) is 29.4 Å². The maximum atomic E-state index is 13.1. The minimum Gasteiger partial charge on any atom is -0.331 e. The number of carbonyl (C=O) groups is 3. The van der Waals surface area contributed by atoms with Crippen LogP contribution in [0.1, 0.15) is 43.0 Å². The lowest BCUT2D eigenvalue weighted by Crippen LogP contribution is -2.45. The van der Waals surface area contributed by atoms with Crippen molar-refractivity contribution in [2.75, 3.05) is 5.32 Å². The average molecular weight is 523 g/mol. The number of amides is 4. The van der Waals surface area contributed by atoms with Gasteiger partial charge in [-0.2, -0.15) is 17.9 Å². The van der Waals surface area contributed by atoms with Crippen molar-refractivity contribution < 1.29 is 27.6 Å². The van der Waals surface area contributed by atoms with Gasteiger partial charge in [-0.05, 0) is 49.2 Å². The maximum Gasteiger partial charge on any atom is 0.417 e. The highest BCUT2D eigenvalue weighted by Crippen LogP contribution is 2.36. The average Bonchev–Trinajstić information content (AvgIpc) is 2.80. The van der Waals surface area contributed by atoms with Gasteiger partial charge in [-0.15, -0.1) is 5.10 Å². The lowest BCUT2D eigenvalue weighted by molar-refractivity contribution is -0.138. The van der Waals surface area contributed by atoms with Gasteiger partial charge < -0.3 is 10.6 Å². The van der Waals surface area contributed by atoms with Crippen molar-refractivity contribution in [1.29, 1.82) is 0 Å². The second-order valence-electron chi connectivity index (χ2n) is 8.10. The van der Waals surface area contributed by atoms with E-state index in [4.69, 9.17) is 11.6 Å². The van der Waals surface area contributed by atoms with Crippen molar-refractivity contribution in [2.45, 2.75) is 38.0 Å². The van der Waals surface area contributed by atoms with Crippen LogP contribution in [0.5, 0.6) is 0 Å². The molecule has 1 aliphatic heterocycles. The van der Waals surface area contributed by atoms with E-state index in [1.807, 2.05) is 0 Å². The molecule has 0 saturated carbocycles.